The van der Waals surface area contributed by atoms with Gasteiger partial charge in [-0.15, -0.1) is 0 Å². The SMILES string of the molecule is CCOC(=O)c1nc(-c2ccccc2OC)n(C(C)C)c1C(CCOC)(Nc1c[nH]c(=O)c(Cl)c1)c1ccc(Cl)cc1C. The van der Waals surface area contributed by atoms with Gasteiger partial charge in [-0.1, -0.05) is 41.4 Å². The maximum Gasteiger partial charge on any atom is 0.358 e. The summed E-state index contributed by atoms with van der Waals surface area (Å²) in [7, 11) is 3.21. The molecule has 0 saturated heterocycles. The number of H-pyrrole nitrogens is 1. The number of carbonyl (C=O) groups is 1. The monoisotopic (exact) mass is 626 g/mol. The molecule has 4 rings (SSSR count). The minimum absolute atomic E-state index is 0.0103. The number of imidazole rings is 1. The number of hydrogen-bond acceptors (Lipinski definition) is 7. The molecule has 9 nitrogen and oxygen atoms in total. The molecule has 4 aromatic rings. The number of rotatable bonds is 12. The van der Waals surface area contributed by atoms with Crippen molar-refractivity contribution < 1.29 is 19.0 Å². The van der Waals surface area contributed by atoms with Crippen LogP contribution in [0.15, 0.2) is 59.5 Å². The number of ether oxygens (including phenoxy) is 3. The molecule has 2 aromatic carbocycles. The standard InChI is InChI=1S/C32H36Cl2N4O5/c1-7-43-31(40)27-28(38(19(2)3)29(36-27)23-10-8-9-11-26(23)42-6)32(14-15-41-5,24-13-12-21(33)16-20(24)4)37-22-17-25(34)30(39)35-18-22/h8-13,16-19,37H,7,14-15H2,1-6H3,(H,35,39). The Hall–Kier alpha value is -3.79. The van der Waals surface area contributed by atoms with E-state index in [0.29, 0.717) is 46.6 Å². The normalized spacial score (nSPS) is 12.7. The van der Waals surface area contributed by atoms with Gasteiger partial charge in [-0.05, 0) is 69.2 Å². The number of carbonyl (C=O) groups excluding carboxylic acids is 1. The quantitative estimate of drug-likeness (QED) is 0.163. The molecule has 43 heavy (non-hydrogen) atoms. The van der Waals surface area contributed by atoms with Gasteiger partial charge in [-0.2, -0.15) is 0 Å². The smallest absolute Gasteiger partial charge is 0.358 e. The number of nitrogens with one attached hydrogen (secondary N) is 2. The maximum absolute atomic E-state index is 13.8. The lowest BCUT2D eigenvalue weighted by Crippen LogP contribution is -2.42. The molecule has 0 bridgehead atoms. The Balaban J connectivity index is 2.21. The number of aromatic amines is 1. The van der Waals surface area contributed by atoms with Crippen molar-refractivity contribution in [2.24, 2.45) is 0 Å². The van der Waals surface area contributed by atoms with Crippen LogP contribution in [0, 0.1) is 6.92 Å². The van der Waals surface area contributed by atoms with Crippen molar-refractivity contribution in [3.63, 3.8) is 0 Å². The molecule has 0 spiro atoms. The number of aryl methyl sites for hydroxylation is 1. The summed E-state index contributed by atoms with van der Waals surface area (Å²) < 4.78 is 19.0. The summed E-state index contributed by atoms with van der Waals surface area (Å²) in [6, 6.07) is 14.5. The first-order chi connectivity index (χ1) is 20.6. The Morgan fingerprint density at radius 1 is 1.14 bits per heavy atom. The van der Waals surface area contributed by atoms with E-state index in [1.54, 1.807) is 39.5 Å². The van der Waals surface area contributed by atoms with Crippen LogP contribution in [0.2, 0.25) is 10.0 Å². The van der Waals surface area contributed by atoms with Crippen molar-refractivity contribution in [2.75, 3.05) is 32.8 Å². The molecule has 0 amide bonds. The predicted octanol–water partition coefficient (Wildman–Crippen LogP) is 7.01. The maximum atomic E-state index is 13.8. The lowest BCUT2D eigenvalue weighted by atomic mass is 9.79. The van der Waals surface area contributed by atoms with Gasteiger partial charge in [0.15, 0.2) is 5.69 Å². The van der Waals surface area contributed by atoms with E-state index in [1.165, 1.54) is 0 Å². The average Bonchev–Trinajstić information content (AvgIpc) is 3.39. The van der Waals surface area contributed by atoms with Gasteiger partial charge in [0.1, 0.15) is 22.1 Å². The highest BCUT2D eigenvalue weighted by molar-refractivity contribution is 6.31. The summed E-state index contributed by atoms with van der Waals surface area (Å²) in [5.74, 6) is 0.546. The number of pyridine rings is 1. The zero-order valence-electron chi connectivity index (χ0n) is 25.1. The highest BCUT2D eigenvalue weighted by Crippen LogP contribution is 2.45. The summed E-state index contributed by atoms with van der Waals surface area (Å²) in [6.07, 6.45) is 1.89. The highest BCUT2D eigenvalue weighted by atomic mass is 35.5. The fraction of sp³-hybridized carbons (Fsp3) is 0.344. The number of methoxy groups -OCH3 is 2. The number of hydrogen-bond donors (Lipinski definition) is 2. The topological polar surface area (TPSA) is 107 Å². The molecule has 2 N–H and O–H groups in total. The highest BCUT2D eigenvalue weighted by Gasteiger charge is 2.44. The lowest BCUT2D eigenvalue weighted by Gasteiger charge is -2.39. The molecule has 11 heteroatoms. The van der Waals surface area contributed by atoms with Gasteiger partial charge in [-0.25, -0.2) is 9.78 Å². The summed E-state index contributed by atoms with van der Waals surface area (Å²) in [5.41, 5.74) is 1.99. The van der Waals surface area contributed by atoms with Crippen LogP contribution >= 0.6 is 23.2 Å². The van der Waals surface area contributed by atoms with Gasteiger partial charge in [0.05, 0.1) is 30.7 Å². The van der Waals surface area contributed by atoms with Gasteiger partial charge in [0, 0.05) is 37.4 Å². The number of para-hydroxylation sites is 1. The number of nitrogens with zero attached hydrogens (tertiary/aromatic N) is 2. The van der Waals surface area contributed by atoms with Gasteiger partial charge < -0.3 is 29.1 Å². The number of benzene rings is 2. The summed E-state index contributed by atoms with van der Waals surface area (Å²) in [6.45, 7) is 8.19. The lowest BCUT2D eigenvalue weighted by molar-refractivity contribution is 0.0516. The van der Waals surface area contributed by atoms with Gasteiger partial charge in [0.2, 0.25) is 0 Å². The van der Waals surface area contributed by atoms with Crippen LogP contribution < -0.4 is 15.6 Å². The number of aromatic nitrogens is 3. The molecular formula is C32H36Cl2N4O5. The molecule has 0 radical (unpaired) electrons. The molecule has 2 aromatic heterocycles. The molecule has 1 unspecified atom stereocenters. The molecule has 228 valence electrons. The zero-order chi connectivity index (χ0) is 31.3. The fourth-order valence-electron chi connectivity index (χ4n) is 5.41. The third-order valence-electron chi connectivity index (χ3n) is 7.19. The first kappa shape index (κ1) is 32.1. The molecule has 0 saturated carbocycles. The second-order valence-corrected chi connectivity index (χ2v) is 11.2. The average molecular weight is 628 g/mol. The Morgan fingerprint density at radius 2 is 1.88 bits per heavy atom. The van der Waals surface area contributed by atoms with Gasteiger partial charge >= 0.3 is 5.97 Å². The third-order valence-corrected chi connectivity index (χ3v) is 7.71. The predicted molar refractivity (Wildman–Crippen MR) is 170 cm³/mol. The van der Waals surface area contributed by atoms with Crippen molar-refractivity contribution >= 4 is 34.9 Å². The van der Waals surface area contributed by atoms with Crippen molar-refractivity contribution in [1.82, 2.24) is 14.5 Å². The second kappa shape index (κ2) is 13.7. The Morgan fingerprint density at radius 3 is 2.51 bits per heavy atom. The van der Waals surface area contributed by atoms with Crippen LogP contribution in [0.3, 0.4) is 0 Å². The van der Waals surface area contributed by atoms with E-state index in [4.69, 9.17) is 42.4 Å². The van der Waals surface area contributed by atoms with Crippen LogP contribution in [0.1, 0.15) is 60.5 Å². The van der Waals surface area contributed by atoms with E-state index in [1.807, 2.05) is 61.7 Å². The fourth-order valence-corrected chi connectivity index (χ4v) is 5.81. The Bertz CT molecular complexity index is 1670. The number of anilines is 1. The third kappa shape index (κ3) is 6.44. The molecule has 0 aliphatic heterocycles. The first-order valence-electron chi connectivity index (χ1n) is 13.9. The van der Waals surface area contributed by atoms with E-state index in [0.717, 1.165) is 11.1 Å². The van der Waals surface area contributed by atoms with Crippen LogP contribution in [-0.4, -0.2) is 47.9 Å². The van der Waals surface area contributed by atoms with Gasteiger partial charge in [-0.3, -0.25) is 4.79 Å². The van der Waals surface area contributed by atoms with E-state index in [2.05, 4.69) is 10.3 Å². The summed E-state index contributed by atoms with van der Waals surface area (Å²) >= 11 is 12.7. The van der Waals surface area contributed by atoms with E-state index < -0.39 is 17.1 Å². The minimum atomic E-state index is -1.16. The van der Waals surface area contributed by atoms with Crippen molar-refractivity contribution in [3.05, 3.63) is 97.6 Å². The van der Waals surface area contributed by atoms with E-state index in [9.17, 15) is 9.59 Å². The van der Waals surface area contributed by atoms with Crippen molar-refractivity contribution in [2.45, 2.75) is 45.7 Å². The summed E-state index contributed by atoms with van der Waals surface area (Å²) in [4.78, 5) is 33.6. The van der Waals surface area contributed by atoms with E-state index in [-0.39, 0.29) is 23.4 Å². The molecule has 2 heterocycles. The second-order valence-electron chi connectivity index (χ2n) is 10.3. The van der Waals surface area contributed by atoms with Crippen LogP contribution in [0.4, 0.5) is 5.69 Å². The number of esters is 1. The first-order valence-corrected chi connectivity index (χ1v) is 14.7. The van der Waals surface area contributed by atoms with Crippen molar-refractivity contribution in [3.8, 4) is 17.1 Å². The molecule has 0 aliphatic rings. The van der Waals surface area contributed by atoms with Crippen LogP contribution in [-0.2, 0) is 15.0 Å². The molecule has 0 aliphatic carbocycles. The minimum Gasteiger partial charge on any atom is -0.496 e. The molecule has 1 atom stereocenters. The number of halogens is 2. The Labute approximate surface area is 261 Å². The van der Waals surface area contributed by atoms with Crippen LogP contribution in [0.25, 0.3) is 11.4 Å². The Kier molecular flexibility index (Phi) is 10.2. The van der Waals surface area contributed by atoms with E-state index >= 15 is 0 Å². The van der Waals surface area contributed by atoms with Gasteiger partial charge in [0.25, 0.3) is 5.56 Å². The summed E-state index contributed by atoms with van der Waals surface area (Å²) in [5, 5.41) is 4.21. The molecule has 0 fully saturated rings. The largest absolute Gasteiger partial charge is 0.496 e. The zero-order valence-corrected chi connectivity index (χ0v) is 26.6. The van der Waals surface area contributed by atoms with Crippen molar-refractivity contribution in [1.29, 1.82) is 0 Å². The molecular weight excluding hydrogens is 591 g/mol. The van der Waals surface area contributed by atoms with Crippen LogP contribution in [0.5, 0.6) is 5.75 Å².